The number of hydrogen-bond donors (Lipinski definition) is 3. The Labute approximate surface area is 95.5 Å². The third-order valence-electron chi connectivity index (χ3n) is 2.55. The van der Waals surface area contributed by atoms with Gasteiger partial charge in [-0.25, -0.2) is 0 Å². The van der Waals surface area contributed by atoms with E-state index in [9.17, 15) is 4.79 Å². The number of aliphatic hydroxyl groups is 1. The van der Waals surface area contributed by atoms with Gasteiger partial charge in [-0.3, -0.25) is 4.79 Å². The van der Waals surface area contributed by atoms with Crippen LogP contribution in [0.5, 0.6) is 0 Å². The molecule has 1 rings (SSSR count). The van der Waals surface area contributed by atoms with Crippen LogP contribution in [-0.2, 0) is 0 Å². The summed E-state index contributed by atoms with van der Waals surface area (Å²) in [7, 11) is 0. The van der Waals surface area contributed by atoms with Crippen molar-refractivity contribution < 1.29 is 9.90 Å². The van der Waals surface area contributed by atoms with Crippen LogP contribution in [0.4, 0.5) is 5.69 Å². The Morgan fingerprint density at radius 1 is 1.56 bits per heavy atom. The van der Waals surface area contributed by atoms with Gasteiger partial charge in [0.05, 0.1) is 12.6 Å². The molecular weight excluding hydrogens is 204 g/mol. The SMILES string of the molecule is CC[C@@H](CO)NC(=O)c1cc(N)ccc1C. The van der Waals surface area contributed by atoms with Gasteiger partial charge in [0, 0.05) is 11.3 Å². The maximum Gasteiger partial charge on any atom is 0.251 e. The molecule has 0 bridgehead atoms. The number of aryl methyl sites for hydroxylation is 1. The molecule has 0 fully saturated rings. The Morgan fingerprint density at radius 3 is 2.81 bits per heavy atom. The minimum absolute atomic E-state index is 0.0520. The average molecular weight is 222 g/mol. The summed E-state index contributed by atoms with van der Waals surface area (Å²) < 4.78 is 0. The fraction of sp³-hybridized carbons (Fsp3) is 0.417. The van der Waals surface area contributed by atoms with Crippen molar-refractivity contribution in [2.75, 3.05) is 12.3 Å². The predicted octanol–water partition coefficient (Wildman–Crippen LogP) is 1.08. The van der Waals surface area contributed by atoms with Crippen LogP contribution in [0.25, 0.3) is 0 Å². The third kappa shape index (κ3) is 2.97. The van der Waals surface area contributed by atoms with Gasteiger partial charge in [0.1, 0.15) is 0 Å². The second-order valence-electron chi connectivity index (χ2n) is 3.84. The van der Waals surface area contributed by atoms with Crippen molar-refractivity contribution in [1.29, 1.82) is 0 Å². The average Bonchev–Trinajstić information content (AvgIpc) is 2.28. The monoisotopic (exact) mass is 222 g/mol. The molecule has 0 aromatic heterocycles. The lowest BCUT2D eigenvalue weighted by Gasteiger charge is -2.15. The van der Waals surface area contributed by atoms with Crippen molar-refractivity contribution in [2.24, 2.45) is 0 Å². The molecule has 1 amide bonds. The van der Waals surface area contributed by atoms with Gasteiger partial charge in [-0.2, -0.15) is 0 Å². The largest absolute Gasteiger partial charge is 0.399 e. The number of rotatable bonds is 4. The van der Waals surface area contributed by atoms with Crippen molar-refractivity contribution in [3.05, 3.63) is 29.3 Å². The van der Waals surface area contributed by atoms with E-state index >= 15 is 0 Å². The molecule has 1 aromatic carbocycles. The first-order chi connectivity index (χ1) is 7.58. The van der Waals surface area contributed by atoms with E-state index in [0.29, 0.717) is 17.7 Å². The molecule has 0 aliphatic heterocycles. The molecule has 0 radical (unpaired) electrons. The fourth-order valence-electron chi connectivity index (χ4n) is 1.42. The maximum absolute atomic E-state index is 11.9. The minimum atomic E-state index is -0.201. The van der Waals surface area contributed by atoms with Crippen LogP contribution in [0, 0.1) is 6.92 Å². The quantitative estimate of drug-likeness (QED) is 0.667. The van der Waals surface area contributed by atoms with E-state index < -0.39 is 0 Å². The van der Waals surface area contributed by atoms with Gasteiger partial charge in [-0.05, 0) is 31.0 Å². The lowest BCUT2D eigenvalue weighted by atomic mass is 10.1. The van der Waals surface area contributed by atoms with Gasteiger partial charge in [0.25, 0.3) is 5.91 Å². The van der Waals surface area contributed by atoms with E-state index in [-0.39, 0.29) is 18.6 Å². The van der Waals surface area contributed by atoms with E-state index in [0.717, 1.165) is 5.56 Å². The molecule has 0 saturated heterocycles. The van der Waals surface area contributed by atoms with Crippen molar-refractivity contribution in [2.45, 2.75) is 26.3 Å². The highest BCUT2D eigenvalue weighted by Crippen LogP contribution is 2.12. The maximum atomic E-state index is 11.9. The zero-order valence-electron chi connectivity index (χ0n) is 9.66. The summed E-state index contributed by atoms with van der Waals surface area (Å²) in [6.07, 6.45) is 0.698. The van der Waals surface area contributed by atoms with Crippen LogP contribution in [0.1, 0.15) is 29.3 Å². The molecule has 4 nitrogen and oxygen atoms in total. The number of nitrogens with two attached hydrogens (primary N) is 1. The van der Waals surface area contributed by atoms with E-state index in [1.165, 1.54) is 0 Å². The first-order valence-electron chi connectivity index (χ1n) is 5.36. The second-order valence-corrected chi connectivity index (χ2v) is 3.84. The molecule has 88 valence electrons. The molecule has 0 spiro atoms. The number of hydrogen-bond acceptors (Lipinski definition) is 3. The molecule has 0 saturated carbocycles. The topological polar surface area (TPSA) is 75.3 Å². The van der Waals surface area contributed by atoms with Crippen LogP contribution in [0.2, 0.25) is 0 Å². The van der Waals surface area contributed by atoms with Gasteiger partial charge in [-0.15, -0.1) is 0 Å². The Kier molecular flexibility index (Phi) is 4.31. The van der Waals surface area contributed by atoms with Crippen LogP contribution >= 0.6 is 0 Å². The van der Waals surface area contributed by atoms with E-state index in [4.69, 9.17) is 10.8 Å². The first kappa shape index (κ1) is 12.5. The van der Waals surface area contributed by atoms with Crippen molar-refractivity contribution >= 4 is 11.6 Å². The number of amides is 1. The van der Waals surface area contributed by atoms with E-state index in [1.807, 2.05) is 19.9 Å². The van der Waals surface area contributed by atoms with Crippen molar-refractivity contribution in [3.63, 3.8) is 0 Å². The summed E-state index contributed by atoms with van der Waals surface area (Å²) in [6, 6.07) is 5.02. The summed E-state index contributed by atoms with van der Waals surface area (Å²) in [4.78, 5) is 11.9. The predicted molar refractivity (Wildman–Crippen MR) is 64.2 cm³/mol. The van der Waals surface area contributed by atoms with E-state index in [1.54, 1.807) is 12.1 Å². The third-order valence-corrected chi connectivity index (χ3v) is 2.55. The molecule has 0 heterocycles. The summed E-state index contributed by atoms with van der Waals surface area (Å²) in [5.41, 5.74) is 7.63. The van der Waals surface area contributed by atoms with Crippen LogP contribution in [-0.4, -0.2) is 23.7 Å². The molecular formula is C12H18N2O2. The standard InChI is InChI=1S/C12H18N2O2/c1-3-10(7-15)14-12(16)11-6-9(13)5-4-8(11)2/h4-6,10,15H,3,7,13H2,1-2H3,(H,14,16)/t10-/m0/s1. The summed E-state index contributed by atoms with van der Waals surface area (Å²) in [5, 5.41) is 11.8. The fourth-order valence-corrected chi connectivity index (χ4v) is 1.42. The van der Waals surface area contributed by atoms with Crippen molar-refractivity contribution in [3.8, 4) is 0 Å². The van der Waals surface area contributed by atoms with Crippen LogP contribution in [0.15, 0.2) is 18.2 Å². The molecule has 16 heavy (non-hydrogen) atoms. The number of carbonyl (C=O) groups is 1. The highest BCUT2D eigenvalue weighted by atomic mass is 16.3. The number of aliphatic hydroxyl groups excluding tert-OH is 1. The van der Waals surface area contributed by atoms with E-state index in [2.05, 4.69) is 5.32 Å². The van der Waals surface area contributed by atoms with Gasteiger partial charge < -0.3 is 16.2 Å². The Morgan fingerprint density at radius 2 is 2.25 bits per heavy atom. The number of nitrogens with one attached hydrogen (secondary N) is 1. The van der Waals surface area contributed by atoms with Crippen LogP contribution in [0.3, 0.4) is 0 Å². The molecule has 1 aromatic rings. The Balaban J connectivity index is 2.83. The Hall–Kier alpha value is -1.55. The zero-order valence-corrected chi connectivity index (χ0v) is 9.66. The number of anilines is 1. The molecule has 0 unspecified atom stereocenters. The molecule has 0 aliphatic rings. The summed E-state index contributed by atoms with van der Waals surface area (Å²) in [5.74, 6) is -0.189. The Bertz CT molecular complexity index is 373. The normalized spacial score (nSPS) is 12.2. The highest BCUT2D eigenvalue weighted by Gasteiger charge is 2.13. The summed E-state index contributed by atoms with van der Waals surface area (Å²) in [6.45, 7) is 3.71. The number of nitrogen functional groups attached to an aromatic ring is 1. The number of carbonyl (C=O) groups excluding carboxylic acids is 1. The van der Waals surface area contributed by atoms with Gasteiger partial charge >= 0.3 is 0 Å². The lowest BCUT2D eigenvalue weighted by molar-refractivity contribution is 0.0914. The lowest BCUT2D eigenvalue weighted by Crippen LogP contribution is -2.37. The van der Waals surface area contributed by atoms with Crippen molar-refractivity contribution in [1.82, 2.24) is 5.32 Å². The van der Waals surface area contributed by atoms with Gasteiger partial charge in [0.15, 0.2) is 0 Å². The number of benzene rings is 1. The van der Waals surface area contributed by atoms with Gasteiger partial charge in [-0.1, -0.05) is 13.0 Å². The summed E-state index contributed by atoms with van der Waals surface area (Å²) >= 11 is 0. The van der Waals surface area contributed by atoms with Crippen LogP contribution < -0.4 is 11.1 Å². The zero-order chi connectivity index (χ0) is 12.1. The smallest absolute Gasteiger partial charge is 0.251 e. The molecule has 1 atom stereocenters. The molecule has 4 N–H and O–H groups in total. The van der Waals surface area contributed by atoms with Gasteiger partial charge in [0.2, 0.25) is 0 Å². The minimum Gasteiger partial charge on any atom is -0.399 e. The first-order valence-corrected chi connectivity index (χ1v) is 5.36. The second kappa shape index (κ2) is 5.51. The molecule has 0 aliphatic carbocycles. The highest BCUT2D eigenvalue weighted by molar-refractivity contribution is 5.96. The molecule has 4 heteroatoms.